The zero-order chi connectivity index (χ0) is 9.84. The molecule has 2 N–H and O–H groups in total. The second kappa shape index (κ2) is 3.94. The molecule has 0 atom stereocenters. The van der Waals surface area contributed by atoms with Gasteiger partial charge in [0.15, 0.2) is 5.78 Å². The summed E-state index contributed by atoms with van der Waals surface area (Å²) < 4.78 is 5.24. The molecule has 0 spiro atoms. The first-order chi connectivity index (χ1) is 6.15. The molecule has 0 amide bonds. The van der Waals surface area contributed by atoms with Gasteiger partial charge in [0, 0.05) is 5.56 Å². The smallest absolute Gasteiger partial charge is 0.159 e. The molecule has 1 rings (SSSR count). The molecular weight excluding hydrogens is 166 g/mol. The van der Waals surface area contributed by atoms with Crippen LogP contribution >= 0.6 is 0 Å². The van der Waals surface area contributed by atoms with Crippen molar-refractivity contribution in [3.05, 3.63) is 23.8 Å². The van der Waals surface area contributed by atoms with Gasteiger partial charge in [-0.25, -0.2) is 0 Å². The van der Waals surface area contributed by atoms with Crippen LogP contribution in [-0.2, 0) is 0 Å². The Bertz CT molecular complexity index is 321. The normalized spacial score (nSPS) is 9.69. The third-order valence-corrected chi connectivity index (χ3v) is 1.72. The molecule has 0 fully saturated rings. The first-order valence-corrected chi connectivity index (χ1v) is 4.18. The van der Waals surface area contributed by atoms with Gasteiger partial charge in [-0.1, -0.05) is 0 Å². The molecule has 1 aromatic carbocycles. The van der Waals surface area contributed by atoms with Gasteiger partial charge in [-0.05, 0) is 32.0 Å². The topological polar surface area (TPSA) is 52.3 Å². The van der Waals surface area contributed by atoms with Crippen molar-refractivity contribution in [3.8, 4) is 5.75 Å². The number of hydrogen-bond donors (Lipinski definition) is 1. The Balaban J connectivity index is 2.98. The van der Waals surface area contributed by atoms with E-state index in [4.69, 9.17) is 10.5 Å². The fourth-order valence-corrected chi connectivity index (χ4v) is 1.05. The lowest BCUT2D eigenvalue weighted by Crippen LogP contribution is -1.99. The van der Waals surface area contributed by atoms with Crippen molar-refractivity contribution in [1.29, 1.82) is 0 Å². The summed E-state index contributed by atoms with van der Waals surface area (Å²) in [5, 5.41) is 0. The second-order valence-corrected chi connectivity index (χ2v) is 2.74. The Morgan fingerprint density at radius 1 is 1.54 bits per heavy atom. The monoisotopic (exact) mass is 179 g/mol. The largest absolute Gasteiger partial charge is 0.492 e. The van der Waals surface area contributed by atoms with Crippen molar-refractivity contribution in [2.75, 3.05) is 12.3 Å². The molecule has 3 nitrogen and oxygen atoms in total. The average Bonchev–Trinajstić information content (AvgIpc) is 2.08. The second-order valence-electron chi connectivity index (χ2n) is 2.74. The summed E-state index contributed by atoms with van der Waals surface area (Å²) in [4.78, 5) is 11.0. The molecule has 13 heavy (non-hydrogen) atoms. The van der Waals surface area contributed by atoms with E-state index in [1.54, 1.807) is 18.2 Å². The fraction of sp³-hybridized carbons (Fsp3) is 0.300. The van der Waals surface area contributed by atoms with Gasteiger partial charge in [0.25, 0.3) is 0 Å². The van der Waals surface area contributed by atoms with Crippen LogP contribution in [0, 0.1) is 0 Å². The van der Waals surface area contributed by atoms with Crippen LogP contribution in [0.3, 0.4) is 0 Å². The number of carbonyl (C=O) groups excluding carboxylic acids is 1. The summed E-state index contributed by atoms with van der Waals surface area (Å²) >= 11 is 0. The quantitative estimate of drug-likeness (QED) is 0.569. The minimum atomic E-state index is 0.00903. The van der Waals surface area contributed by atoms with Gasteiger partial charge in [0.05, 0.1) is 12.3 Å². The molecule has 70 valence electrons. The van der Waals surface area contributed by atoms with Crippen LogP contribution < -0.4 is 10.5 Å². The third kappa shape index (κ3) is 2.21. The number of nitrogen functional groups attached to an aromatic ring is 1. The van der Waals surface area contributed by atoms with Crippen LogP contribution in [0.25, 0.3) is 0 Å². The van der Waals surface area contributed by atoms with E-state index in [2.05, 4.69) is 0 Å². The predicted molar refractivity (Wildman–Crippen MR) is 52.0 cm³/mol. The highest BCUT2D eigenvalue weighted by molar-refractivity contribution is 5.95. The molecule has 0 saturated carbocycles. The van der Waals surface area contributed by atoms with Gasteiger partial charge < -0.3 is 10.5 Å². The van der Waals surface area contributed by atoms with Crippen LogP contribution in [0.2, 0.25) is 0 Å². The van der Waals surface area contributed by atoms with Crippen LogP contribution in [0.5, 0.6) is 5.75 Å². The SMILES string of the molecule is CCOc1ccc(C(C)=O)cc1N. The highest BCUT2D eigenvalue weighted by Gasteiger charge is 2.03. The van der Waals surface area contributed by atoms with Crippen LogP contribution in [0.15, 0.2) is 18.2 Å². The van der Waals surface area contributed by atoms with Crippen molar-refractivity contribution < 1.29 is 9.53 Å². The number of ketones is 1. The van der Waals surface area contributed by atoms with E-state index in [1.165, 1.54) is 6.92 Å². The van der Waals surface area contributed by atoms with Crippen LogP contribution in [0.4, 0.5) is 5.69 Å². The number of hydrogen-bond acceptors (Lipinski definition) is 3. The fourth-order valence-electron chi connectivity index (χ4n) is 1.05. The highest BCUT2D eigenvalue weighted by atomic mass is 16.5. The number of anilines is 1. The van der Waals surface area contributed by atoms with E-state index < -0.39 is 0 Å². The number of rotatable bonds is 3. The van der Waals surface area contributed by atoms with Crippen LogP contribution in [0.1, 0.15) is 24.2 Å². The molecule has 0 heterocycles. The lowest BCUT2D eigenvalue weighted by Gasteiger charge is -2.06. The Morgan fingerprint density at radius 3 is 2.69 bits per heavy atom. The van der Waals surface area contributed by atoms with Gasteiger partial charge in [-0.3, -0.25) is 4.79 Å². The number of carbonyl (C=O) groups is 1. The molecule has 0 unspecified atom stereocenters. The number of benzene rings is 1. The Kier molecular flexibility index (Phi) is 2.90. The van der Waals surface area contributed by atoms with E-state index in [-0.39, 0.29) is 5.78 Å². The van der Waals surface area contributed by atoms with Gasteiger partial charge >= 0.3 is 0 Å². The van der Waals surface area contributed by atoms with E-state index in [0.717, 1.165) is 0 Å². The molecule has 0 saturated heterocycles. The molecule has 3 heteroatoms. The molecule has 0 radical (unpaired) electrons. The van der Waals surface area contributed by atoms with Crippen molar-refractivity contribution >= 4 is 11.5 Å². The maximum atomic E-state index is 11.0. The first kappa shape index (κ1) is 9.58. The van der Waals surface area contributed by atoms with Crippen molar-refractivity contribution in [1.82, 2.24) is 0 Å². The molecular formula is C10H13NO2. The summed E-state index contributed by atoms with van der Waals surface area (Å²) in [6.45, 7) is 3.97. The maximum Gasteiger partial charge on any atom is 0.159 e. The molecule has 0 aliphatic rings. The van der Waals surface area contributed by atoms with E-state index in [1.807, 2.05) is 6.92 Å². The molecule has 0 aliphatic heterocycles. The van der Waals surface area contributed by atoms with E-state index >= 15 is 0 Å². The summed E-state index contributed by atoms with van der Waals surface area (Å²) in [5.74, 6) is 0.641. The molecule has 0 bridgehead atoms. The summed E-state index contributed by atoms with van der Waals surface area (Å²) in [6.07, 6.45) is 0. The minimum Gasteiger partial charge on any atom is -0.492 e. The van der Waals surface area contributed by atoms with Crippen LogP contribution in [-0.4, -0.2) is 12.4 Å². The van der Waals surface area contributed by atoms with Crippen molar-refractivity contribution in [3.63, 3.8) is 0 Å². The van der Waals surface area contributed by atoms with Gasteiger partial charge in [-0.15, -0.1) is 0 Å². The summed E-state index contributed by atoms with van der Waals surface area (Å²) in [7, 11) is 0. The van der Waals surface area contributed by atoms with Gasteiger partial charge in [0.1, 0.15) is 5.75 Å². The molecule has 0 aliphatic carbocycles. The van der Waals surface area contributed by atoms with Crippen molar-refractivity contribution in [2.45, 2.75) is 13.8 Å². The van der Waals surface area contributed by atoms with E-state index in [0.29, 0.717) is 23.6 Å². The zero-order valence-electron chi connectivity index (χ0n) is 7.83. The average molecular weight is 179 g/mol. The third-order valence-electron chi connectivity index (χ3n) is 1.72. The lowest BCUT2D eigenvalue weighted by molar-refractivity contribution is 0.101. The summed E-state index contributed by atoms with van der Waals surface area (Å²) in [6, 6.07) is 5.06. The standard InChI is InChI=1S/C10H13NO2/c1-3-13-10-5-4-8(7(2)12)6-9(10)11/h4-6H,3,11H2,1-2H3. The zero-order valence-corrected chi connectivity index (χ0v) is 7.83. The Morgan fingerprint density at radius 2 is 2.23 bits per heavy atom. The van der Waals surface area contributed by atoms with E-state index in [9.17, 15) is 4.79 Å². The first-order valence-electron chi connectivity index (χ1n) is 4.18. The number of nitrogens with two attached hydrogens (primary N) is 1. The Hall–Kier alpha value is -1.51. The Labute approximate surface area is 77.5 Å². The number of ether oxygens (including phenoxy) is 1. The number of Topliss-reactive ketones (excluding diaryl/α,β-unsaturated/α-hetero) is 1. The predicted octanol–water partition coefficient (Wildman–Crippen LogP) is 1.87. The molecule has 1 aromatic rings. The highest BCUT2D eigenvalue weighted by Crippen LogP contribution is 2.22. The van der Waals surface area contributed by atoms with Gasteiger partial charge in [-0.2, -0.15) is 0 Å². The van der Waals surface area contributed by atoms with Gasteiger partial charge in [0.2, 0.25) is 0 Å². The maximum absolute atomic E-state index is 11.0. The minimum absolute atomic E-state index is 0.00903. The lowest BCUT2D eigenvalue weighted by atomic mass is 10.1. The molecule has 0 aromatic heterocycles. The van der Waals surface area contributed by atoms with Crippen molar-refractivity contribution in [2.24, 2.45) is 0 Å². The summed E-state index contributed by atoms with van der Waals surface area (Å²) in [5.41, 5.74) is 6.79.